The van der Waals surface area contributed by atoms with Crippen LogP contribution in [0.5, 0.6) is 6.01 Å². The maximum absolute atomic E-state index is 11.3. The van der Waals surface area contributed by atoms with Gasteiger partial charge in [-0.3, -0.25) is 4.57 Å². The molecular formula is C11H12N2O3. The maximum Gasteiger partial charge on any atom is 0.337 e. The fourth-order valence-electron chi connectivity index (χ4n) is 1.61. The van der Waals surface area contributed by atoms with E-state index >= 15 is 0 Å². The van der Waals surface area contributed by atoms with Crippen LogP contribution in [0.2, 0.25) is 0 Å². The number of ether oxygens (including phenoxy) is 2. The molecule has 2 rings (SSSR count). The average Bonchev–Trinajstić information content (AvgIpc) is 2.64. The van der Waals surface area contributed by atoms with E-state index in [0.717, 1.165) is 5.52 Å². The van der Waals surface area contributed by atoms with Crippen molar-refractivity contribution >= 4 is 17.0 Å². The number of carbonyl (C=O) groups is 1. The zero-order valence-electron chi connectivity index (χ0n) is 9.35. The third-order valence-corrected chi connectivity index (χ3v) is 2.44. The second kappa shape index (κ2) is 3.84. The number of fused-ring (bicyclic) bond motifs is 1. The van der Waals surface area contributed by atoms with Gasteiger partial charge in [-0.1, -0.05) is 0 Å². The number of methoxy groups -OCH3 is 2. The molecule has 0 unspecified atom stereocenters. The molecule has 2 aromatic rings. The summed E-state index contributed by atoms with van der Waals surface area (Å²) in [6.45, 7) is 0. The molecule has 0 saturated heterocycles. The van der Waals surface area contributed by atoms with Crippen LogP contribution in [0.4, 0.5) is 0 Å². The van der Waals surface area contributed by atoms with Crippen LogP contribution < -0.4 is 4.74 Å². The highest BCUT2D eigenvalue weighted by Gasteiger charge is 2.11. The summed E-state index contributed by atoms with van der Waals surface area (Å²) in [6.07, 6.45) is 0. The summed E-state index contributed by atoms with van der Waals surface area (Å²) in [4.78, 5) is 15.6. The Hall–Kier alpha value is -2.04. The van der Waals surface area contributed by atoms with Gasteiger partial charge in [-0.05, 0) is 18.2 Å². The Kier molecular flexibility index (Phi) is 2.52. The lowest BCUT2D eigenvalue weighted by molar-refractivity contribution is 0.0601. The molecule has 0 saturated carbocycles. The van der Waals surface area contributed by atoms with Crippen molar-refractivity contribution in [3.63, 3.8) is 0 Å². The molecule has 0 bridgehead atoms. The third kappa shape index (κ3) is 1.50. The van der Waals surface area contributed by atoms with Gasteiger partial charge in [0.05, 0.1) is 30.8 Å². The van der Waals surface area contributed by atoms with Crippen molar-refractivity contribution in [1.29, 1.82) is 0 Å². The molecule has 0 fully saturated rings. The lowest BCUT2D eigenvalue weighted by Crippen LogP contribution is -2.00. The Morgan fingerprint density at radius 1 is 1.38 bits per heavy atom. The Morgan fingerprint density at radius 3 is 2.75 bits per heavy atom. The number of aromatic nitrogens is 2. The number of hydrogen-bond acceptors (Lipinski definition) is 4. The van der Waals surface area contributed by atoms with Crippen LogP contribution in [0.15, 0.2) is 18.2 Å². The molecule has 1 heterocycles. The first-order valence-corrected chi connectivity index (χ1v) is 4.76. The smallest absolute Gasteiger partial charge is 0.337 e. The largest absolute Gasteiger partial charge is 0.468 e. The Labute approximate surface area is 92.6 Å². The number of rotatable bonds is 2. The molecule has 0 amide bonds. The van der Waals surface area contributed by atoms with Gasteiger partial charge in [-0.15, -0.1) is 0 Å². The fourth-order valence-corrected chi connectivity index (χ4v) is 1.61. The highest BCUT2D eigenvalue weighted by molar-refractivity contribution is 5.93. The molecule has 0 radical (unpaired) electrons. The van der Waals surface area contributed by atoms with Crippen molar-refractivity contribution in [1.82, 2.24) is 9.55 Å². The van der Waals surface area contributed by atoms with Crippen molar-refractivity contribution in [2.75, 3.05) is 14.2 Å². The highest BCUT2D eigenvalue weighted by atomic mass is 16.5. The van der Waals surface area contributed by atoms with Crippen molar-refractivity contribution in [3.05, 3.63) is 23.8 Å². The zero-order valence-corrected chi connectivity index (χ0v) is 9.35. The van der Waals surface area contributed by atoms with Crippen LogP contribution >= 0.6 is 0 Å². The fraction of sp³-hybridized carbons (Fsp3) is 0.273. The topological polar surface area (TPSA) is 53.4 Å². The summed E-state index contributed by atoms with van der Waals surface area (Å²) in [7, 11) is 4.76. The van der Waals surface area contributed by atoms with Gasteiger partial charge in [0.25, 0.3) is 6.01 Å². The predicted molar refractivity (Wildman–Crippen MR) is 58.6 cm³/mol. The molecule has 5 nitrogen and oxygen atoms in total. The van der Waals surface area contributed by atoms with Crippen molar-refractivity contribution in [3.8, 4) is 6.01 Å². The molecule has 1 aromatic heterocycles. The molecule has 84 valence electrons. The molecule has 16 heavy (non-hydrogen) atoms. The third-order valence-electron chi connectivity index (χ3n) is 2.44. The summed E-state index contributed by atoms with van der Waals surface area (Å²) in [6, 6.07) is 5.72. The number of esters is 1. The van der Waals surface area contributed by atoms with E-state index in [-0.39, 0.29) is 5.97 Å². The van der Waals surface area contributed by atoms with E-state index in [1.807, 2.05) is 17.7 Å². The van der Waals surface area contributed by atoms with Gasteiger partial charge in [-0.2, -0.15) is 4.98 Å². The molecule has 1 aromatic carbocycles. The van der Waals surface area contributed by atoms with E-state index < -0.39 is 0 Å². The SMILES string of the molecule is COC(=O)c1ccc2c(c1)nc(OC)n2C. The molecule has 5 heteroatoms. The van der Waals surface area contributed by atoms with E-state index in [1.54, 1.807) is 19.2 Å². The normalized spacial score (nSPS) is 10.4. The van der Waals surface area contributed by atoms with Gasteiger partial charge in [0.2, 0.25) is 0 Å². The number of hydrogen-bond donors (Lipinski definition) is 0. The van der Waals surface area contributed by atoms with Crippen LogP contribution in [0, 0.1) is 0 Å². The first-order chi connectivity index (χ1) is 7.67. The Balaban J connectivity index is 2.59. The van der Waals surface area contributed by atoms with Crippen LogP contribution in [-0.2, 0) is 11.8 Å². The molecule has 0 atom stereocenters. The Morgan fingerprint density at radius 2 is 2.12 bits per heavy atom. The minimum Gasteiger partial charge on any atom is -0.468 e. The number of aryl methyl sites for hydroxylation is 1. The lowest BCUT2D eigenvalue weighted by Gasteiger charge is -2.00. The number of nitrogens with zero attached hydrogens (tertiary/aromatic N) is 2. The highest BCUT2D eigenvalue weighted by Crippen LogP contribution is 2.20. The van der Waals surface area contributed by atoms with E-state index in [0.29, 0.717) is 17.1 Å². The quantitative estimate of drug-likeness (QED) is 0.717. The number of benzene rings is 1. The van der Waals surface area contributed by atoms with Crippen LogP contribution in [-0.4, -0.2) is 29.7 Å². The second-order valence-electron chi connectivity index (χ2n) is 3.35. The van der Waals surface area contributed by atoms with Crippen molar-refractivity contribution < 1.29 is 14.3 Å². The second-order valence-corrected chi connectivity index (χ2v) is 3.35. The summed E-state index contributed by atoms with van der Waals surface area (Å²) in [5, 5.41) is 0. The average molecular weight is 220 g/mol. The monoisotopic (exact) mass is 220 g/mol. The van der Waals surface area contributed by atoms with E-state index in [2.05, 4.69) is 9.72 Å². The van der Waals surface area contributed by atoms with E-state index in [9.17, 15) is 4.79 Å². The zero-order chi connectivity index (χ0) is 11.7. The number of imidazole rings is 1. The first kappa shape index (κ1) is 10.5. The van der Waals surface area contributed by atoms with Gasteiger partial charge in [0.1, 0.15) is 0 Å². The summed E-state index contributed by atoms with van der Waals surface area (Å²) < 4.78 is 11.6. The van der Waals surface area contributed by atoms with Crippen molar-refractivity contribution in [2.24, 2.45) is 7.05 Å². The molecular weight excluding hydrogens is 208 g/mol. The van der Waals surface area contributed by atoms with Gasteiger partial charge in [0, 0.05) is 7.05 Å². The molecule has 0 N–H and O–H groups in total. The molecule has 0 aliphatic rings. The standard InChI is InChI=1S/C11H12N2O3/c1-13-9-5-4-7(10(14)15-2)6-8(9)12-11(13)16-3/h4-6H,1-3H3. The summed E-state index contributed by atoms with van der Waals surface area (Å²) >= 11 is 0. The van der Waals surface area contributed by atoms with Gasteiger partial charge in [-0.25, -0.2) is 4.79 Å². The minimum atomic E-state index is -0.369. The number of carbonyl (C=O) groups excluding carboxylic acids is 1. The maximum atomic E-state index is 11.3. The van der Waals surface area contributed by atoms with Gasteiger partial charge >= 0.3 is 5.97 Å². The van der Waals surface area contributed by atoms with Crippen LogP contribution in [0.1, 0.15) is 10.4 Å². The van der Waals surface area contributed by atoms with Crippen molar-refractivity contribution in [2.45, 2.75) is 0 Å². The van der Waals surface area contributed by atoms with E-state index in [1.165, 1.54) is 7.11 Å². The molecule has 0 aliphatic carbocycles. The summed E-state index contributed by atoms with van der Waals surface area (Å²) in [5.74, 6) is -0.369. The van der Waals surface area contributed by atoms with Gasteiger partial charge < -0.3 is 9.47 Å². The predicted octanol–water partition coefficient (Wildman–Crippen LogP) is 1.37. The molecule has 0 spiro atoms. The van der Waals surface area contributed by atoms with E-state index in [4.69, 9.17) is 4.74 Å². The minimum absolute atomic E-state index is 0.369. The summed E-state index contributed by atoms with van der Waals surface area (Å²) in [5.41, 5.74) is 2.10. The lowest BCUT2D eigenvalue weighted by atomic mass is 10.2. The van der Waals surface area contributed by atoms with Gasteiger partial charge in [0.15, 0.2) is 0 Å². The van der Waals surface area contributed by atoms with Crippen LogP contribution in [0.25, 0.3) is 11.0 Å². The molecule has 0 aliphatic heterocycles. The van der Waals surface area contributed by atoms with Crippen LogP contribution in [0.3, 0.4) is 0 Å². The Bertz CT molecular complexity index is 545. The first-order valence-electron chi connectivity index (χ1n) is 4.76.